The molecule has 0 aliphatic rings. The van der Waals surface area contributed by atoms with E-state index in [0.717, 1.165) is 0 Å². The minimum Gasteiger partial charge on any atom is -0.462 e. The van der Waals surface area contributed by atoms with Crippen LogP contribution in [0, 0.1) is 5.92 Å². The van der Waals surface area contributed by atoms with Gasteiger partial charge in [-0.1, -0.05) is 11.6 Å². The number of aliphatic hydroxyl groups excluding tert-OH is 1. The highest BCUT2D eigenvalue weighted by Crippen LogP contribution is 2.15. The number of ether oxygens (including phenoxy) is 1. The molecule has 0 aromatic heterocycles. The lowest BCUT2D eigenvalue weighted by Crippen LogP contribution is -2.37. The Hall–Kier alpha value is -2.46. The molecule has 3 N–H and O–H groups in total. The Kier molecular flexibility index (Phi) is 8.15. The Morgan fingerprint density at radius 2 is 1.72 bits per heavy atom. The molecule has 2 aromatic carbocycles. The Labute approximate surface area is 173 Å². The van der Waals surface area contributed by atoms with Crippen LogP contribution in [0.4, 0.5) is 5.69 Å². The van der Waals surface area contributed by atoms with E-state index in [1.807, 2.05) is 0 Å². The molecular weight excluding hydrogens is 420 g/mol. The topological polar surface area (TPSA) is 122 Å². The number of halogens is 1. The van der Waals surface area contributed by atoms with Gasteiger partial charge in [0.1, 0.15) is 0 Å². The summed E-state index contributed by atoms with van der Waals surface area (Å²) in [6, 6.07) is 11.6. The SMILES string of the molecule is CCOC(=O)c1ccc(NC(=O)[C@H](CO)CNS(=O)(=O)c2ccc(Cl)cc2)cc1. The maximum Gasteiger partial charge on any atom is 0.338 e. The molecule has 0 radical (unpaired) electrons. The molecule has 0 aliphatic heterocycles. The number of carbonyl (C=O) groups is 2. The number of hydrogen-bond donors (Lipinski definition) is 3. The van der Waals surface area contributed by atoms with Crippen molar-refractivity contribution in [1.29, 1.82) is 0 Å². The first-order valence-electron chi connectivity index (χ1n) is 8.71. The standard InChI is InChI=1S/C19H21ClN2O6S/c1-2-28-19(25)13-3-7-16(8-4-13)22-18(24)14(12-23)11-21-29(26,27)17-9-5-15(20)6-10-17/h3-10,14,21,23H,2,11-12H2,1H3,(H,22,24)/t14-/m0/s1. The molecule has 2 aromatic rings. The zero-order valence-corrected chi connectivity index (χ0v) is 17.2. The van der Waals surface area contributed by atoms with Crippen molar-refractivity contribution in [2.75, 3.05) is 25.1 Å². The van der Waals surface area contributed by atoms with Gasteiger partial charge in [0.15, 0.2) is 0 Å². The molecule has 29 heavy (non-hydrogen) atoms. The number of rotatable bonds is 9. The van der Waals surface area contributed by atoms with Crippen LogP contribution < -0.4 is 10.0 Å². The van der Waals surface area contributed by atoms with Gasteiger partial charge in [-0.25, -0.2) is 17.9 Å². The first-order chi connectivity index (χ1) is 13.8. The molecule has 1 amide bonds. The Bertz CT molecular complexity index is 946. The number of esters is 1. The van der Waals surface area contributed by atoms with Crippen LogP contribution in [-0.4, -0.2) is 45.2 Å². The van der Waals surface area contributed by atoms with E-state index in [9.17, 15) is 23.1 Å². The van der Waals surface area contributed by atoms with Gasteiger partial charge in [-0.3, -0.25) is 4.79 Å². The van der Waals surface area contributed by atoms with Gasteiger partial charge in [-0.2, -0.15) is 0 Å². The number of benzene rings is 2. The molecule has 0 bridgehead atoms. The minimum atomic E-state index is -3.86. The molecule has 0 aliphatic carbocycles. The summed E-state index contributed by atoms with van der Waals surface area (Å²) in [5, 5.41) is 12.4. The molecule has 0 saturated carbocycles. The van der Waals surface area contributed by atoms with Gasteiger partial charge in [-0.15, -0.1) is 0 Å². The molecule has 0 spiro atoms. The molecule has 2 rings (SSSR count). The summed E-state index contributed by atoms with van der Waals surface area (Å²) >= 11 is 5.75. The van der Waals surface area contributed by atoms with E-state index in [2.05, 4.69) is 10.0 Å². The quantitative estimate of drug-likeness (QED) is 0.513. The fraction of sp³-hybridized carbons (Fsp3) is 0.263. The van der Waals surface area contributed by atoms with Crippen LogP contribution >= 0.6 is 11.6 Å². The number of anilines is 1. The van der Waals surface area contributed by atoms with E-state index in [1.165, 1.54) is 48.5 Å². The molecule has 0 fully saturated rings. The van der Waals surface area contributed by atoms with Crippen LogP contribution in [0.3, 0.4) is 0 Å². The number of nitrogens with one attached hydrogen (secondary N) is 2. The van der Waals surface area contributed by atoms with Crippen molar-refractivity contribution < 1.29 is 27.9 Å². The van der Waals surface area contributed by atoms with Crippen LogP contribution in [0.2, 0.25) is 5.02 Å². The van der Waals surface area contributed by atoms with Crippen LogP contribution in [0.25, 0.3) is 0 Å². The number of aliphatic hydroxyl groups is 1. The highest BCUT2D eigenvalue weighted by Gasteiger charge is 2.22. The Morgan fingerprint density at radius 1 is 1.10 bits per heavy atom. The maximum atomic E-state index is 12.3. The summed E-state index contributed by atoms with van der Waals surface area (Å²) in [5.41, 5.74) is 0.723. The lowest BCUT2D eigenvalue weighted by Gasteiger charge is -2.15. The Morgan fingerprint density at radius 3 is 2.28 bits per heavy atom. The van der Waals surface area contributed by atoms with Crippen molar-refractivity contribution in [3.8, 4) is 0 Å². The fourth-order valence-electron chi connectivity index (χ4n) is 2.30. The number of carbonyl (C=O) groups excluding carboxylic acids is 2. The first-order valence-corrected chi connectivity index (χ1v) is 10.6. The van der Waals surface area contributed by atoms with Crippen molar-refractivity contribution in [1.82, 2.24) is 4.72 Å². The predicted octanol–water partition coefficient (Wildman–Crippen LogP) is 2.04. The van der Waals surface area contributed by atoms with Crippen molar-refractivity contribution >= 4 is 39.2 Å². The van der Waals surface area contributed by atoms with E-state index in [0.29, 0.717) is 16.3 Å². The lowest BCUT2D eigenvalue weighted by molar-refractivity contribution is -0.120. The first kappa shape index (κ1) is 22.8. The van der Waals surface area contributed by atoms with Gasteiger partial charge >= 0.3 is 5.97 Å². The third kappa shape index (κ3) is 6.53. The van der Waals surface area contributed by atoms with E-state index in [4.69, 9.17) is 16.3 Å². The highest BCUT2D eigenvalue weighted by atomic mass is 35.5. The van der Waals surface area contributed by atoms with Crippen molar-refractivity contribution in [2.24, 2.45) is 5.92 Å². The van der Waals surface area contributed by atoms with Crippen LogP contribution in [0.1, 0.15) is 17.3 Å². The summed E-state index contributed by atoms with van der Waals surface area (Å²) in [4.78, 5) is 24.0. The highest BCUT2D eigenvalue weighted by molar-refractivity contribution is 7.89. The van der Waals surface area contributed by atoms with E-state index < -0.39 is 34.4 Å². The van der Waals surface area contributed by atoms with Gasteiger partial charge in [0.25, 0.3) is 0 Å². The molecule has 10 heteroatoms. The van der Waals surface area contributed by atoms with Crippen LogP contribution in [0.5, 0.6) is 0 Å². The average molecular weight is 441 g/mol. The van der Waals surface area contributed by atoms with Crippen LogP contribution in [0.15, 0.2) is 53.4 Å². The second-order valence-corrected chi connectivity index (χ2v) is 8.18. The van der Waals surface area contributed by atoms with Crippen molar-refractivity contribution in [2.45, 2.75) is 11.8 Å². The normalized spacial score (nSPS) is 12.2. The average Bonchev–Trinajstić information content (AvgIpc) is 2.69. The monoisotopic (exact) mass is 440 g/mol. The Balaban J connectivity index is 1.98. The predicted molar refractivity (Wildman–Crippen MR) is 108 cm³/mol. The second kappa shape index (κ2) is 10.4. The van der Waals surface area contributed by atoms with E-state index >= 15 is 0 Å². The molecule has 0 saturated heterocycles. The van der Waals surface area contributed by atoms with Gasteiger partial charge in [0.05, 0.1) is 29.6 Å². The molecule has 1 atom stereocenters. The van der Waals surface area contributed by atoms with Crippen molar-refractivity contribution in [3.05, 3.63) is 59.1 Å². The fourth-order valence-corrected chi connectivity index (χ4v) is 3.50. The molecule has 0 unspecified atom stereocenters. The molecule has 8 nitrogen and oxygen atoms in total. The largest absolute Gasteiger partial charge is 0.462 e. The number of hydrogen-bond acceptors (Lipinski definition) is 6. The van der Waals surface area contributed by atoms with Gasteiger partial charge in [-0.05, 0) is 55.5 Å². The zero-order valence-electron chi connectivity index (χ0n) is 15.6. The summed E-state index contributed by atoms with van der Waals surface area (Å²) in [5.74, 6) is -2.06. The van der Waals surface area contributed by atoms with Gasteiger partial charge < -0.3 is 15.2 Å². The zero-order chi connectivity index (χ0) is 21.4. The van der Waals surface area contributed by atoms with E-state index in [-0.39, 0.29) is 18.0 Å². The third-order valence-corrected chi connectivity index (χ3v) is 5.59. The summed E-state index contributed by atoms with van der Waals surface area (Å²) < 4.78 is 31.8. The van der Waals surface area contributed by atoms with Gasteiger partial charge in [0, 0.05) is 17.3 Å². The summed E-state index contributed by atoms with van der Waals surface area (Å²) in [6.45, 7) is 1.09. The molecular formula is C19H21ClN2O6S. The summed E-state index contributed by atoms with van der Waals surface area (Å²) in [7, 11) is -3.86. The summed E-state index contributed by atoms with van der Waals surface area (Å²) in [6.07, 6.45) is 0. The third-order valence-electron chi connectivity index (χ3n) is 3.90. The second-order valence-electron chi connectivity index (χ2n) is 5.97. The molecule has 156 valence electrons. The number of amides is 1. The maximum absolute atomic E-state index is 12.3. The van der Waals surface area contributed by atoms with Gasteiger partial charge in [0.2, 0.25) is 15.9 Å². The van der Waals surface area contributed by atoms with Crippen molar-refractivity contribution in [3.63, 3.8) is 0 Å². The molecule has 0 heterocycles. The number of sulfonamides is 1. The smallest absolute Gasteiger partial charge is 0.338 e. The van der Waals surface area contributed by atoms with E-state index in [1.54, 1.807) is 6.92 Å². The minimum absolute atomic E-state index is 0.00597. The van der Waals surface area contributed by atoms with Crippen LogP contribution in [-0.2, 0) is 19.6 Å². The lowest BCUT2D eigenvalue weighted by atomic mass is 10.1.